The van der Waals surface area contributed by atoms with Crippen molar-refractivity contribution in [1.29, 1.82) is 5.26 Å². The fourth-order valence-electron chi connectivity index (χ4n) is 2.49. The van der Waals surface area contributed by atoms with Crippen LogP contribution in [0.15, 0.2) is 24.3 Å². The minimum absolute atomic E-state index is 0.0834. The lowest BCUT2D eigenvalue weighted by molar-refractivity contribution is -0.140. The molecule has 1 aliphatic heterocycles. The highest BCUT2D eigenvalue weighted by Gasteiger charge is 2.31. The van der Waals surface area contributed by atoms with E-state index >= 15 is 0 Å². The van der Waals surface area contributed by atoms with Crippen molar-refractivity contribution in [2.75, 3.05) is 26.2 Å². The average molecular weight is 299 g/mol. The van der Waals surface area contributed by atoms with Crippen molar-refractivity contribution in [2.45, 2.75) is 20.8 Å². The zero-order valence-corrected chi connectivity index (χ0v) is 13.3. The Morgan fingerprint density at radius 2 is 1.68 bits per heavy atom. The maximum absolute atomic E-state index is 12.5. The highest BCUT2D eigenvalue weighted by molar-refractivity contribution is 5.94. The van der Waals surface area contributed by atoms with Crippen LogP contribution in [0.2, 0.25) is 0 Å². The Kier molecular flexibility index (Phi) is 4.51. The Hall–Kier alpha value is -2.35. The minimum Gasteiger partial charge on any atom is -0.339 e. The maximum Gasteiger partial charge on any atom is 0.254 e. The molecule has 0 saturated carbocycles. The fraction of sp³-hybridized carbons (Fsp3) is 0.471. The fourth-order valence-corrected chi connectivity index (χ4v) is 2.49. The van der Waals surface area contributed by atoms with Crippen molar-refractivity contribution >= 4 is 11.8 Å². The van der Waals surface area contributed by atoms with Crippen molar-refractivity contribution < 1.29 is 9.59 Å². The van der Waals surface area contributed by atoms with Gasteiger partial charge in [-0.2, -0.15) is 5.26 Å². The summed E-state index contributed by atoms with van der Waals surface area (Å²) in [6.07, 6.45) is 0. The molecule has 2 rings (SSSR count). The Balaban J connectivity index is 2.01. The van der Waals surface area contributed by atoms with Gasteiger partial charge >= 0.3 is 0 Å². The molecule has 1 aliphatic rings. The number of carbonyl (C=O) groups excluding carboxylic acids is 2. The van der Waals surface area contributed by atoms with E-state index in [0.29, 0.717) is 37.3 Å². The molecule has 0 aliphatic carbocycles. The van der Waals surface area contributed by atoms with E-state index in [1.807, 2.05) is 31.7 Å². The summed E-state index contributed by atoms with van der Waals surface area (Å²) in [5.74, 6) is 0.0334. The van der Waals surface area contributed by atoms with Gasteiger partial charge in [0.25, 0.3) is 5.91 Å². The molecule has 22 heavy (non-hydrogen) atoms. The summed E-state index contributed by atoms with van der Waals surface area (Å²) in [7, 11) is 0. The molecule has 1 aromatic rings. The number of rotatable bonds is 1. The Morgan fingerprint density at radius 1 is 1.09 bits per heavy atom. The van der Waals surface area contributed by atoms with Crippen molar-refractivity contribution in [1.82, 2.24) is 9.80 Å². The van der Waals surface area contributed by atoms with E-state index in [1.165, 1.54) is 0 Å². The first-order chi connectivity index (χ1) is 10.3. The molecule has 1 fully saturated rings. The lowest BCUT2D eigenvalue weighted by atomic mass is 9.94. The number of piperazine rings is 1. The van der Waals surface area contributed by atoms with Crippen LogP contribution in [0.4, 0.5) is 0 Å². The predicted molar refractivity (Wildman–Crippen MR) is 83.1 cm³/mol. The van der Waals surface area contributed by atoms with Crippen LogP contribution in [0.3, 0.4) is 0 Å². The highest BCUT2D eigenvalue weighted by atomic mass is 16.2. The van der Waals surface area contributed by atoms with E-state index in [2.05, 4.69) is 0 Å². The van der Waals surface area contributed by atoms with Crippen LogP contribution in [-0.4, -0.2) is 47.8 Å². The number of amides is 2. The molecule has 0 bridgehead atoms. The summed E-state index contributed by atoms with van der Waals surface area (Å²) in [5, 5.41) is 8.91. The second-order valence-electron chi connectivity index (χ2n) is 6.53. The third-order valence-electron chi connectivity index (χ3n) is 3.73. The van der Waals surface area contributed by atoms with Gasteiger partial charge in [0.2, 0.25) is 5.91 Å². The maximum atomic E-state index is 12.5. The Labute approximate surface area is 131 Å². The number of benzene rings is 1. The lowest BCUT2D eigenvalue weighted by Gasteiger charge is -2.37. The van der Waals surface area contributed by atoms with E-state index in [9.17, 15) is 9.59 Å². The molecule has 0 unspecified atom stereocenters. The monoisotopic (exact) mass is 299 g/mol. The minimum atomic E-state index is -0.396. The zero-order chi connectivity index (χ0) is 16.3. The van der Waals surface area contributed by atoms with Crippen LogP contribution >= 0.6 is 0 Å². The van der Waals surface area contributed by atoms with Gasteiger partial charge in [-0.05, 0) is 18.2 Å². The lowest BCUT2D eigenvalue weighted by Crippen LogP contribution is -2.53. The molecule has 0 spiro atoms. The molecule has 1 heterocycles. The van der Waals surface area contributed by atoms with Crippen molar-refractivity contribution in [2.24, 2.45) is 5.41 Å². The third kappa shape index (κ3) is 3.45. The van der Waals surface area contributed by atoms with Gasteiger partial charge in [-0.15, -0.1) is 0 Å². The van der Waals surface area contributed by atoms with Crippen LogP contribution in [-0.2, 0) is 4.79 Å². The quantitative estimate of drug-likeness (QED) is 0.795. The predicted octanol–water partition coefficient (Wildman–Crippen LogP) is 1.89. The first-order valence-electron chi connectivity index (χ1n) is 7.42. The largest absolute Gasteiger partial charge is 0.339 e. The Bertz CT molecular complexity index is 618. The molecular formula is C17H21N3O2. The molecule has 0 atom stereocenters. The Morgan fingerprint density at radius 3 is 2.23 bits per heavy atom. The highest BCUT2D eigenvalue weighted by Crippen LogP contribution is 2.19. The molecule has 5 nitrogen and oxygen atoms in total. The smallest absolute Gasteiger partial charge is 0.254 e. The van der Waals surface area contributed by atoms with E-state index in [1.54, 1.807) is 29.2 Å². The number of hydrogen-bond acceptors (Lipinski definition) is 3. The topological polar surface area (TPSA) is 64.4 Å². The zero-order valence-electron chi connectivity index (χ0n) is 13.3. The van der Waals surface area contributed by atoms with Crippen LogP contribution in [0.25, 0.3) is 0 Å². The molecule has 0 aromatic heterocycles. The van der Waals surface area contributed by atoms with Crippen LogP contribution in [0.1, 0.15) is 36.7 Å². The van der Waals surface area contributed by atoms with Crippen molar-refractivity contribution in [3.8, 4) is 6.07 Å². The van der Waals surface area contributed by atoms with Crippen LogP contribution < -0.4 is 0 Å². The molecular weight excluding hydrogens is 278 g/mol. The number of carbonyl (C=O) groups is 2. The van der Waals surface area contributed by atoms with E-state index in [-0.39, 0.29) is 11.8 Å². The second kappa shape index (κ2) is 6.18. The van der Waals surface area contributed by atoms with E-state index < -0.39 is 5.41 Å². The van der Waals surface area contributed by atoms with Gasteiger partial charge in [0.1, 0.15) is 0 Å². The van der Waals surface area contributed by atoms with Crippen LogP contribution in [0.5, 0.6) is 0 Å². The van der Waals surface area contributed by atoms with Gasteiger partial charge in [0.15, 0.2) is 0 Å². The average Bonchev–Trinajstić information content (AvgIpc) is 2.53. The second-order valence-corrected chi connectivity index (χ2v) is 6.53. The van der Waals surface area contributed by atoms with Gasteiger partial charge in [-0.1, -0.05) is 26.8 Å². The normalized spacial score (nSPS) is 15.4. The number of hydrogen-bond donors (Lipinski definition) is 0. The molecule has 5 heteroatoms. The first-order valence-corrected chi connectivity index (χ1v) is 7.42. The van der Waals surface area contributed by atoms with Gasteiger partial charge in [-0.3, -0.25) is 9.59 Å². The van der Waals surface area contributed by atoms with Gasteiger partial charge in [0.05, 0.1) is 11.6 Å². The summed E-state index contributed by atoms with van der Waals surface area (Å²) >= 11 is 0. The SMILES string of the molecule is CC(C)(C)C(=O)N1CCN(C(=O)c2cccc(C#N)c2)CC1. The molecule has 2 amide bonds. The molecule has 116 valence electrons. The van der Waals surface area contributed by atoms with Gasteiger partial charge in [0, 0.05) is 37.2 Å². The van der Waals surface area contributed by atoms with E-state index in [4.69, 9.17) is 5.26 Å². The standard InChI is InChI=1S/C17H21N3O2/c1-17(2,3)16(22)20-9-7-19(8-10-20)15(21)14-6-4-5-13(11-14)12-18/h4-6,11H,7-10H2,1-3H3. The molecule has 1 aromatic carbocycles. The first kappa shape index (κ1) is 16.0. The molecule has 0 radical (unpaired) electrons. The van der Waals surface area contributed by atoms with Crippen molar-refractivity contribution in [3.63, 3.8) is 0 Å². The summed E-state index contributed by atoms with van der Waals surface area (Å²) in [6.45, 7) is 7.87. The summed E-state index contributed by atoms with van der Waals surface area (Å²) in [5.41, 5.74) is 0.606. The summed E-state index contributed by atoms with van der Waals surface area (Å²) < 4.78 is 0. The summed E-state index contributed by atoms with van der Waals surface area (Å²) in [4.78, 5) is 28.2. The van der Waals surface area contributed by atoms with Crippen LogP contribution in [0, 0.1) is 16.7 Å². The number of nitriles is 1. The van der Waals surface area contributed by atoms with Gasteiger partial charge in [-0.25, -0.2) is 0 Å². The summed E-state index contributed by atoms with van der Waals surface area (Å²) in [6, 6.07) is 8.76. The third-order valence-corrected chi connectivity index (χ3v) is 3.73. The van der Waals surface area contributed by atoms with Crippen molar-refractivity contribution in [3.05, 3.63) is 35.4 Å². The van der Waals surface area contributed by atoms with Gasteiger partial charge < -0.3 is 9.80 Å². The molecule has 0 N–H and O–H groups in total. The number of nitrogens with zero attached hydrogens (tertiary/aromatic N) is 3. The van der Waals surface area contributed by atoms with E-state index in [0.717, 1.165) is 0 Å². The molecule has 1 saturated heterocycles.